The van der Waals surface area contributed by atoms with Crippen LogP contribution in [-0.4, -0.2) is 24.2 Å². The van der Waals surface area contributed by atoms with E-state index in [9.17, 15) is 0 Å². The van der Waals surface area contributed by atoms with Crippen LogP contribution in [0.2, 0.25) is 0 Å². The van der Waals surface area contributed by atoms with Gasteiger partial charge in [-0.15, -0.1) is 0 Å². The van der Waals surface area contributed by atoms with Gasteiger partial charge in [0.05, 0.1) is 11.1 Å². The molecule has 1 aliphatic heterocycles. The summed E-state index contributed by atoms with van der Waals surface area (Å²) in [7, 11) is 0. The van der Waals surface area contributed by atoms with Crippen LogP contribution in [0.3, 0.4) is 0 Å². The van der Waals surface area contributed by atoms with Crippen LogP contribution in [0, 0.1) is 11.3 Å². The second kappa shape index (κ2) is 5.25. The Hall–Kier alpha value is -2.12. The standard InChI is InChI=1S/C15H15N3O/c16-10-12-3-1-2-11-4-5-14(18-15(11)12)19-13-6-8-17-9-7-13/h1-5,13,17H,6-9H2. The van der Waals surface area contributed by atoms with Crippen LogP contribution in [0.25, 0.3) is 10.9 Å². The normalized spacial score (nSPS) is 16.2. The van der Waals surface area contributed by atoms with E-state index >= 15 is 0 Å². The number of piperidine rings is 1. The molecule has 0 atom stereocenters. The molecule has 0 bridgehead atoms. The number of aromatic nitrogens is 1. The fraction of sp³-hybridized carbons (Fsp3) is 0.333. The van der Waals surface area contributed by atoms with E-state index in [1.165, 1.54) is 0 Å². The molecular formula is C15H15N3O. The summed E-state index contributed by atoms with van der Waals surface area (Å²) in [6, 6.07) is 11.6. The zero-order chi connectivity index (χ0) is 13.1. The predicted molar refractivity (Wildman–Crippen MR) is 73.0 cm³/mol. The van der Waals surface area contributed by atoms with Gasteiger partial charge in [-0.1, -0.05) is 12.1 Å². The summed E-state index contributed by atoms with van der Waals surface area (Å²) in [5, 5.41) is 13.4. The molecule has 1 fully saturated rings. The van der Waals surface area contributed by atoms with Crippen LogP contribution >= 0.6 is 0 Å². The van der Waals surface area contributed by atoms with Crippen LogP contribution < -0.4 is 10.1 Å². The Bertz CT molecular complexity index is 627. The fourth-order valence-electron chi connectivity index (χ4n) is 2.37. The van der Waals surface area contributed by atoms with Gasteiger partial charge in [0.2, 0.25) is 5.88 Å². The second-order valence-electron chi connectivity index (χ2n) is 4.71. The molecule has 0 radical (unpaired) electrons. The van der Waals surface area contributed by atoms with Gasteiger partial charge in [-0.3, -0.25) is 0 Å². The van der Waals surface area contributed by atoms with Crippen molar-refractivity contribution >= 4 is 10.9 Å². The minimum absolute atomic E-state index is 0.223. The average Bonchev–Trinajstić information content (AvgIpc) is 2.47. The van der Waals surface area contributed by atoms with Gasteiger partial charge < -0.3 is 10.1 Å². The maximum absolute atomic E-state index is 9.11. The summed E-state index contributed by atoms with van der Waals surface area (Å²) in [6.45, 7) is 1.98. The van der Waals surface area contributed by atoms with Crippen LogP contribution in [0.1, 0.15) is 18.4 Å². The lowest BCUT2D eigenvalue weighted by molar-refractivity contribution is 0.156. The molecule has 1 aromatic carbocycles. The molecule has 2 heterocycles. The zero-order valence-electron chi connectivity index (χ0n) is 10.6. The first-order chi connectivity index (χ1) is 9.36. The Morgan fingerprint density at radius 2 is 2.05 bits per heavy atom. The number of rotatable bonds is 2. The van der Waals surface area contributed by atoms with Gasteiger partial charge in [0.15, 0.2) is 0 Å². The molecule has 2 aromatic rings. The number of pyridine rings is 1. The Morgan fingerprint density at radius 1 is 1.21 bits per heavy atom. The Labute approximate surface area is 112 Å². The largest absolute Gasteiger partial charge is 0.474 e. The van der Waals surface area contributed by atoms with Crippen molar-refractivity contribution in [3.63, 3.8) is 0 Å². The number of nitrogens with zero attached hydrogens (tertiary/aromatic N) is 2. The number of nitrogens with one attached hydrogen (secondary N) is 1. The van der Waals surface area contributed by atoms with Crippen molar-refractivity contribution in [2.45, 2.75) is 18.9 Å². The topological polar surface area (TPSA) is 57.9 Å². The van der Waals surface area contributed by atoms with Crippen molar-refractivity contribution in [1.82, 2.24) is 10.3 Å². The highest BCUT2D eigenvalue weighted by molar-refractivity contribution is 5.84. The van der Waals surface area contributed by atoms with E-state index < -0.39 is 0 Å². The number of ether oxygens (including phenoxy) is 1. The summed E-state index contributed by atoms with van der Waals surface area (Å²) in [5.74, 6) is 0.613. The number of hydrogen-bond donors (Lipinski definition) is 1. The van der Waals surface area contributed by atoms with Crippen molar-refractivity contribution in [2.75, 3.05) is 13.1 Å². The van der Waals surface area contributed by atoms with Gasteiger partial charge >= 0.3 is 0 Å². The quantitative estimate of drug-likeness (QED) is 0.891. The second-order valence-corrected chi connectivity index (χ2v) is 4.71. The molecule has 0 amide bonds. The van der Waals surface area contributed by atoms with Crippen LogP contribution in [0.15, 0.2) is 30.3 Å². The number of hydrogen-bond acceptors (Lipinski definition) is 4. The summed E-state index contributed by atoms with van der Waals surface area (Å²) < 4.78 is 5.90. The maximum Gasteiger partial charge on any atom is 0.214 e. The van der Waals surface area contributed by atoms with Gasteiger partial charge in [-0.2, -0.15) is 5.26 Å². The number of nitriles is 1. The van der Waals surface area contributed by atoms with Crippen LogP contribution in [-0.2, 0) is 0 Å². The highest BCUT2D eigenvalue weighted by Gasteiger charge is 2.15. The third kappa shape index (κ3) is 2.51. The molecule has 4 nitrogen and oxygen atoms in total. The van der Waals surface area contributed by atoms with E-state index in [1.54, 1.807) is 6.07 Å². The third-order valence-electron chi connectivity index (χ3n) is 3.39. The van der Waals surface area contributed by atoms with E-state index in [4.69, 9.17) is 10.00 Å². The lowest BCUT2D eigenvalue weighted by Crippen LogP contribution is -2.34. The van der Waals surface area contributed by atoms with E-state index in [-0.39, 0.29) is 6.10 Å². The smallest absolute Gasteiger partial charge is 0.214 e. The Morgan fingerprint density at radius 3 is 2.84 bits per heavy atom. The predicted octanol–water partition coefficient (Wildman–Crippen LogP) is 2.24. The molecule has 1 aromatic heterocycles. The fourth-order valence-corrected chi connectivity index (χ4v) is 2.37. The first kappa shape index (κ1) is 11.9. The Balaban J connectivity index is 1.90. The molecule has 19 heavy (non-hydrogen) atoms. The number of para-hydroxylation sites is 1. The van der Waals surface area contributed by atoms with E-state index in [2.05, 4.69) is 16.4 Å². The highest BCUT2D eigenvalue weighted by Crippen LogP contribution is 2.21. The maximum atomic E-state index is 9.11. The highest BCUT2D eigenvalue weighted by atomic mass is 16.5. The van der Waals surface area contributed by atoms with Crippen molar-refractivity contribution in [2.24, 2.45) is 0 Å². The van der Waals surface area contributed by atoms with Gasteiger partial charge in [0.1, 0.15) is 12.2 Å². The average molecular weight is 253 g/mol. The molecule has 4 heteroatoms. The van der Waals surface area contributed by atoms with Gasteiger partial charge in [0.25, 0.3) is 0 Å². The monoisotopic (exact) mass is 253 g/mol. The van der Waals surface area contributed by atoms with Crippen LogP contribution in [0.5, 0.6) is 5.88 Å². The zero-order valence-corrected chi connectivity index (χ0v) is 10.6. The van der Waals surface area contributed by atoms with Crippen molar-refractivity contribution in [3.8, 4) is 11.9 Å². The SMILES string of the molecule is N#Cc1cccc2ccc(OC3CCNCC3)nc12. The van der Waals surface area contributed by atoms with Gasteiger partial charge in [-0.25, -0.2) is 4.98 Å². The molecule has 1 aliphatic rings. The molecule has 0 unspecified atom stereocenters. The molecule has 3 rings (SSSR count). The molecule has 0 saturated carbocycles. The van der Waals surface area contributed by atoms with Gasteiger partial charge in [-0.05, 0) is 38.1 Å². The first-order valence-electron chi connectivity index (χ1n) is 6.54. The third-order valence-corrected chi connectivity index (χ3v) is 3.39. The molecule has 1 N–H and O–H groups in total. The minimum atomic E-state index is 0.223. The molecule has 96 valence electrons. The lowest BCUT2D eigenvalue weighted by atomic mass is 10.1. The molecule has 1 saturated heterocycles. The van der Waals surface area contributed by atoms with Gasteiger partial charge in [0, 0.05) is 11.5 Å². The summed E-state index contributed by atoms with van der Waals surface area (Å²) in [4.78, 5) is 4.47. The van der Waals surface area contributed by atoms with Crippen molar-refractivity contribution in [1.29, 1.82) is 5.26 Å². The summed E-state index contributed by atoms with van der Waals surface area (Å²) in [6.07, 6.45) is 2.22. The number of fused-ring (bicyclic) bond motifs is 1. The van der Waals surface area contributed by atoms with E-state index in [0.29, 0.717) is 11.4 Å². The van der Waals surface area contributed by atoms with E-state index in [0.717, 1.165) is 36.8 Å². The number of benzene rings is 1. The summed E-state index contributed by atoms with van der Waals surface area (Å²) >= 11 is 0. The lowest BCUT2D eigenvalue weighted by Gasteiger charge is -2.23. The van der Waals surface area contributed by atoms with Crippen molar-refractivity contribution in [3.05, 3.63) is 35.9 Å². The summed E-state index contributed by atoms with van der Waals surface area (Å²) in [5.41, 5.74) is 1.31. The first-order valence-corrected chi connectivity index (χ1v) is 6.54. The minimum Gasteiger partial charge on any atom is -0.474 e. The van der Waals surface area contributed by atoms with E-state index in [1.807, 2.05) is 24.3 Å². The van der Waals surface area contributed by atoms with Crippen molar-refractivity contribution < 1.29 is 4.74 Å². The Kier molecular flexibility index (Phi) is 3.30. The molecule has 0 aliphatic carbocycles. The van der Waals surface area contributed by atoms with Crippen LogP contribution in [0.4, 0.5) is 0 Å². The molecular weight excluding hydrogens is 238 g/mol. The molecule has 0 spiro atoms.